The molecular formula is C19H23ClN2O2S. The second-order valence-corrected chi connectivity index (χ2v) is 7.86. The number of thioether (sulfide) groups is 1. The third-order valence-corrected chi connectivity index (χ3v) is 5.84. The van der Waals surface area contributed by atoms with Crippen molar-refractivity contribution in [2.24, 2.45) is 0 Å². The molecule has 2 aromatic rings. The van der Waals surface area contributed by atoms with Gasteiger partial charge in [-0.05, 0) is 49.2 Å². The fourth-order valence-electron chi connectivity index (χ4n) is 3.18. The molecule has 2 heterocycles. The van der Waals surface area contributed by atoms with E-state index in [-0.39, 0.29) is 11.4 Å². The number of hydrogen-bond acceptors (Lipinski definition) is 3. The zero-order valence-electron chi connectivity index (χ0n) is 14.1. The van der Waals surface area contributed by atoms with Crippen molar-refractivity contribution in [2.75, 3.05) is 25.5 Å². The number of benzene rings is 1. The summed E-state index contributed by atoms with van der Waals surface area (Å²) in [6.07, 6.45) is 6.34. The van der Waals surface area contributed by atoms with E-state index in [1.807, 2.05) is 36.4 Å². The Bertz CT molecular complexity index is 667. The van der Waals surface area contributed by atoms with Crippen molar-refractivity contribution in [1.82, 2.24) is 9.88 Å². The van der Waals surface area contributed by atoms with E-state index in [9.17, 15) is 4.79 Å². The van der Waals surface area contributed by atoms with Crippen molar-refractivity contribution in [3.8, 4) is 0 Å². The Labute approximate surface area is 157 Å². The lowest BCUT2D eigenvalue weighted by molar-refractivity contribution is -0.124. The summed E-state index contributed by atoms with van der Waals surface area (Å²) in [7, 11) is 0. The predicted molar refractivity (Wildman–Crippen MR) is 102 cm³/mol. The molecule has 0 atom stereocenters. The van der Waals surface area contributed by atoms with Crippen LogP contribution in [-0.2, 0) is 15.1 Å². The van der Waals surface area contributed by atoms with Crippen LogP contribution in [0.4, 0.5) is 0 Å². The van der Waals surface area contributed by atoms with Gasteiger partial charge in [-0.3, -0.25) is 4.79 Å². The Balaban J connectivity index is 1.48. The number of nitrogens with one attached hydrogen (secondary N) is 1. The number of rotatable bonds is 7. The lowest BCUT2D eigenvalue weighted by Crippen LogP contribution is -2.43. The number of aromatic nitrogens is 1. The summed E-state index contributed by atoms with van der Waals surface area (Å²) in [5.41, 5.74) is -0.158. The van der Waals surface area contributed by atoms with Crippen LogP contribution >= 0.6 is 23.4 Å². The summed E-state index contributed by atoms with van der Waals surface area (Å²) in [5.74, 6) is 0.944. The second kappa shape index (κ2) is 8.79. The van der Waals surface area contributed by atoms with E-state index in [1.165, 1.54) is 0 Å². The Morgan fingerprint density at radius 1 is 1.20 bits per heavy atom. The molecule has 1 amide bonds. The molecular weight excluding hydrogens is 356 g/mol. The van der Waals surface area contributed by atoms with Crippen molar-refractivity contribution in [3.63, 3.8) is 0 Å². The fourth-order valence-corrected chi connectivity index (χ4v) is 4.07. The minimum absolute atomic E-state index is 0.104. The number of hydrogen-bond donors (Lipinski definition) is 1. The molecule has 0 bridgehead atoms. The monoisotopic (exact) mass is 378 g/mol. The molecule has 1 saturated heterocycles. The molecule has 6 heteroatoms. The van der Waals surface area contributed by atoms with Gasteiger partial charge in [0.15, 0.2) is 0 Å². The van der Waals surface area contributed by atoms with Gasteiger partial charge in [-0.1, -0.05) is 11.6 Å². The largest absolute Gasteiger partial charge is 0.381 e. The molecule has 1 aliphatic rings. The average molecular weight is 379 g/mol. The van der Waals surface area contributed by atoms with Crippen molar-refractivity contribution < 1.29 is 9.53 Å². The number of ether oxygens (including phenoxy) is 1. The molecule has 4 nitrogen and oxygen atoms in total. The SMILES string of the molecule is O=C(CC1(n2cccc2)CCOCC1)NCCSc1ccc(Cl)cc1. The quantitative estimate of drug-likeness (QED) is 0.586. The van der Waals surface area contributed by atoms with Crippen LogP contribution < -0.4 is 5.32 Å². The Morgan fingerprint density at radius 3 is 2.56 bits per heavy atom. The van der Waals surface area contributed by atoms with Crippen molar-refractivity contribution >= 4 is 29.3 Å². The van der Waals surface area contributed by atoms with E-state index in [0.717, 1.165) is 28.5 Å². The van der Waals surface area contributed by atoms with Gasteiger partial charge in [0, 0.05) is 47.8 Å². The van der Waals surface area contributed by atoms with E-state index in [0.29, 0.717) is 26.2 Å². The molecule has 1 N–H and O–H groups in total. The minimum Gasteiger partial charge on any atom is -0.381 e. The van der Waals surface area contributed by atoms with Crippen molar-refractivity contribution in [3.05, 3.63) is 53.8 Å². The first kappa shape index (κ1) is 18.4. The van der Waals surface area contributed by atoms with E-state index in [4.69, 9.17) is 16.3 Å². The topological polar surface area (TPSA) is 43.3 Å². The van der Waals surface area contributed by atoms with Crippen LogP contribution in [0, 0.1) is 0 Å². The van der Waals surface area contributed by atoms with Gasteiger partial charge >= 0.3 is 0 Å². The van der Waals surface area contributed by atoms with Gasteiger partial charge in [-0.15, -0.1) is 11.8 Å². The highest BCUT2D eigenvalue weighted by Crippen LogP contribution is 2.33. The standard InChI is InChI=1S/C19H23ClN2O2S/c20-16-3-5-17(6-4-16)25-14-9-21-18(23)15-19(7-12-24-13-8-19)22-10-1-2-11-22/h1-6,10-11H,7-9,12-15H2,(H,21,23). The fraction of sp³-hybridized carbons (Fsp3) is 0.421. The number of halogens is 1. The molecule has 1 fully saturated rings. The highest BCUT2D eigenvalue weighted by Gasteiger charge is 2.35. The highest BCUT2D eigenvalue weighted by atomic mass is 35.5. The summed E-state index contributed by atoms with van der Waals surface area (Å²) < 4.78 is 7.68. The lowest BCUT2D eigenvalue weighted by atomic mass is 9.86. The van der Waals surface area contributed by atoms with Crippen molar-refractivity contribution in [2.45, 2.75) is 29.7 Å². The van der Waals surface area contributed by atoms with Crippen molar-refractivity contribution in [1.29, 1.82) is 0 Å². The molecule has 0 radical (unpaired) electrons. The first-order valence-corrected chi connectivity index (χ1v) is 9.91. The predicted octanol–water partition coefficient (Wildman–Crippen LogP) is 3.95. The summed E-state index contributed by atoms with van der Waals surface area (Å²) in [6, 6.07) is 11.8. The molecule has 25 heavy (non-hydrogen) atoms. The normalized spacial score (nSPS) is 16.5. The van der Waals surface area contributed by atoms with Crippen LogP contribution in [0.5, 0.6) is 0 Å². The van der Waals surface area contributed by atoms with Gasteiger partial charge in [0.2, 0.25) is 5.91 Å². The minimum atomic E-state index is -0.158. The van der Waals surface area contributed by atoms with Crippen LogP contribution in [0.3, 0.4) is 0 Å². The third kappa shape index (κ3) is 5.03. The molecule has 1 aliphatic heterocycles. The summed E-state index contributed by atoms with van der Waals surface area (Å²) in [5, 5.41) is 3.80. The maximum Gasteiger partial charge on any atom is 0.222 e. The van der Waals surface area contributed by atoms with E-state index in [1.54, 1.807) is 11.8 Å². The van der Waals surface area contributed by atoms with E-state index < -0.39 is 0 Å². The maximum absolute atomic E-state index is 12.5. The Kier molecular flexibility index (Phi) is 6.45. The van der Waals surface area contributed by atoms with Crippen LogP contribution in [0.25, 0.3) is 0 Å². The Morgan fingerprint density at radius 2 is 1.88 bits per heavy atom. The number of nitrogens with zero attached hydrogens (tertiary/aromatic N) is 1. The first-order chi connectivity index (χ1) is 12.2. The van der Waals surface area contributed by atoms with E-state index >= 15 is 0 Å². The van der Waals surface area contributed by atoms with Gasteiger partial charge < -0.3 is 14.6 Å². The average Bonchev–Trinajstić information content (AvgIpc) is 3.16. The molecule has 134 valence electrons. The molecule has 1 aromatic heterocycles. The van der Waals surface area contributed by atoms with Gasteiger partial charge in [0.05, 0.1) is 12.0 Å². The number of amides is 1. The van der Waals surface area contributed by atoms with Gasteiger partial charge in [-0.25, -0.2) is 0 Å². The van der Waals surface area contributed by atoms with Gasteiger partial charge in [0.25, 0.3) is 0 Å². The van der Waals surface area contributed by atoms with Crippen LogP contribution in [0.15, 0.2) is 53.7 Å². The molecule has 3 rings (SSSR count). The Hall–Kier alpha value is -1.43. The van der Waals surface area contributed by atoms with Crippen LogP contribution in [-0.4, -0.2) is 36.0 Å². The van der Waals surface area contributed by atoms with Crippen LogP contribution in [0.1, 0.15) is 19.3 Å². The number of carbonyl (C=O) groups is 1. The molecule has 0 unspecified atom stereocenters. The lowest BCUT2D eigenvalue weighted by Gasteiger charge is -2.38. The van der Waals surface area contributed by atoms with Gasteiger partial charge in [0.1, 0.15) is 0 Å². The molecule has 0 spiro atoms. The maximum atomic E-state index is 12.5. The zero-order valence-corrected chi connectivity index (χ0v) is 15.7. The third-order valence-electron chi connectivity index (χ3n) is 4.57. The summed E-state index contributed by atoms with van der Waals surface area (Å²) in [4.78, 5) is 13.6. The van der Waals surface area contributed by atoms with Gasteiger partial charge in [-0.2, -0.15) is 0 Å². The number of carbonyl (C=O) groups excluding carboxylic acids is 1. The highest BCUT2D eigenvalue weighted by molar-refractivity contribution is 7.99. The first-order valence-electron chi connectivity index (χ1n) is 8.54. The molecule has 1 aromatic carbocycles. The van der Waals surface area contributed by atoms with Crippen LogP contribution in [0.2, 0.25) is 5.02 Å². The molecule has 0 saturated carbocycles. The second-order valence-electron chi connectivity index (χ2n) is 6.26. The summed E-state index contributed by atoms with van der Waals surface area (Å²) >= 11 is 7.60. The smallest absolute Gasteiger partial charge is 0.222 e. The molecule has 0 aliphatic carbocycles. The summed E-state index contributed by atoms with van der Waals surface area (Å²) in [6.45, 7) is 2.07. The zero-order chi connectivity index (χ0) is 17.5. The van der Waals surface area contributed by atoms with E-state index in [2.05, 4.69) is 22.3 Å².